The molecule has 0 unspecified atom stereocenters. The van der Waals surface area contributed by atoms with Gasteiger partial charge in [-0.2, -0.15) is 26.3 Å². The summed E-state index contributed by atoms with van der Waals surface area (Å²) in [4.78, 5) is 0. The quantitative estimate of drug-likeness (QED) is 0.0962. The average molecular weight is 685 g/mol. The van der Waals surface area contributed by atoms with Crippen LogP contribution in [0.1, 0.15) is 93.9 Å². The molecule has 2 atom stereocenters. The zero-order valence-corrected chi connectivity index (χ0v) is 31.5. The summed E-state index contributed by atoms with van der Waals surface area (Å²) in [5, 5.41) is 9.45. The Morgan fingerprint density at radius 3 is 1.78 bits per heavy atom. The first-order valence-corrected chi connectivity index (χ1v) is 21.6. The van der Waals surface area contributed by atoms with Crippen LogP contribution >= 0.6 is 0 Å². The Labute approximate surface area is 270 Å². The molecule has 1 aliphatic carbocycles. The first kappa shape index (κ1) is 41.9. The van der Waals surface area contributed by atoms with Gasteiger partial charge < -0.3 is 14.0 Å². The van der Waals surface area contributed by atoms with Crippen LogP contribution in [0, 0.1) is 5.41 Å². The molecule has 0 aromatic carbocycles. The minimum absolute atomic E-state index is 0.0204. The molecule has 1 fully saturated rings. The van der Waals surface area contributed by atoms with E-state index in [4.69, 9.17) is 8.85 Å². The molecular formula is C34H58F6O3Si2. The molecule has 1 saturated carbocycles. The van der Waals surface area contributed by atoms with Gasteiger partial charge in [-0.15, -0.1) is 0 Å². The summed E-state index contributed by atoms with van der Waals surface area (Å²) < 4.78 is 91.3. The third kappa shape index (κ3) is 11.5. The summed E-state index contributed by atoms with van der Waals surface area (Å²) >= 11 is 0. The van der Waals surface area contributed by atoms with E-state index in [1.807, 2.05) is 12.2 Å². The fourth-order valence-corrected chi connectivity index (χ4v) is 7.21. The lowest BCUT2D eigenvalue weighted by molar-refractivity contribution is -0.347. The SMILES string of the molecule is C=C1/C(=C\C=C\CCCC(C)(C)C/C=C/C(O)(C(F)(F)F)C(F)(F)F)C[C@@H](O[Si](C)(C)C(C)(C)C)C[C@@H]1O[Si](C)(C)C(C)(C)C. The Balaban J connectivity index is 2.98. The van der Waals surface area contributed by atoms with Crippen LogP contribution in [0.4, 0.5) is 26.3 Å². The fourth-order valence-electron chi connectivity index (χ4n) is 4.54. The fraction of sp³-hybridized carbons (Fsp3) is 0.765. The van der Waals surface area contributed by atoms with Gasteiger partial charge in [0.1, 0.15) is 0 Å². The molecular weight excluding hydrogens is 627 g/mol. The summed E-state index contributed by atoms with van der Waals surface area (Å²) in [7, 11) is -4.10. The maximum absolute atomic E-state index is 12.9. The lowest BCUT2D eigenvalue weighted by atomic mass is 9.83. The van der Waals surface area contributed by atoms with Crippen molar-refractivity contribution < 1.29 is 40.3 Å². The highest BCUT2D eigenvalue weighted by atomic mass is 28.4. The largest absolute Gasteiger partial charge is 0.429 e. The Kier molecular flexibility index (Phi) is 13.5. The molecule has 0 amide bonds. The first-order chi connectivity index (χ1) is 19.9. The molecule has 1 aliphatic rings. The van der Waals surface area contributed by atoms with Crippen molar-refractivity contribution in [2.24, 2.45) is 5.41 Å². The standard InChI is InChI=1S/C34H58F6O3Si2/c1-25-26(23-27(42-44(10,11)29(2,3)4)24-28(25)43-45(12,13)30(5,6)7)19-16-14-15-17-20-31(8,9)21-18-22-32(41,33(35,36)37)34(38,39)40/h14,16,18-19,22,27-28,41H,1,15,17,20-21,23-24H2,2-13H3/b16-14+,22-18+,26-19-/t27-,28+/m1/s1. The Morgan fingerprint density at radius 2 is 1.31 bits per heavy atom. The van der Waals surface area contributed by atoms with Crippen molar-refractivity contribution >= 4 is 16.6 Å². The maximum atomic E-state index is 12.9. The van der Waals surface area contributed by atoms with Crippen molar-refractivity contribution in [2.45, 2.75) is 160 Å². The average Bonchev–Trinajstić information content (AvgIpc) is 2.80. The van der Waals surface area contributed by atoms with Gasteiger partial charge >= 0.3 is 12.4 Å². The minimum Gasteiger partial charge on any atom is -0.413 e. The molecule has 0 aromatic heterocycles. The van der Waals surface area contributed by atoms with E-state index in [0.717, 1.165) is 30.1 Å². The van der Waals surface area contributed by atoms with E-state index in [0.29, 0.717) is 19.3 Å². The molecule has 0 radical (unpaired) electrons. The second-order valence-corrected chi connectivity index (χ2v) is 25.9. The number of allylic oxidation sites excluding steroid dienone is 4. The topological polar surface area (TPSA) is 38.7 Å². The summed E-state index contributed by atoms with van der Waals surface area (Å²) in [5.41, 5.74) is -3.34. The highest BCUT2D eigenvalue weighted by molar-refractivity contribution is 6.74. The van der Waals surface area contributed by atoms with E-state index < -0.39 is 40.0 Å². The molecule has 0 bridgehead atoms. The van der Waals surface area contributed by atoms with E-state index in [2.05, 4.69) is 80.4 Å². The number of unbranched alkanes of at least 4 members (excludes halogenated alkanes) is 1. The zero-order valence-electron chi connectivity index (χ0n) is 29.5. The number of halogens is 6. The van der Waals surface area contributed by atoms with Crippen LogP contribution in [0.3, 0.4) is 0 Å². The van der Waals surface area contributed by atoms with Crippen LogP contribution in [0.2, 0.25) is 36.3 Å². The molecule has 3 nitrogen and oxygen atoms in total. The van der Waals surface area contributed by atoms with Crippen molar-refractivity contribution in [3.8, 4) is 0 Å². The summed E-state index contributed by atoms with van der Waals surface area (Å²) in [6.45, 7) is 30.3. The van der Waals surface area contributed by atoms with Crippen molar-refractivity contribution in [2.75, 3.05) is 0 Å². The molecule has 1 N–H and O–H groups in total. The molecule has 11 heteroatoms. The first-order valence-electron chi connectivity index (χ1n) is 15.8. The Bertz CT molecular complexity index is 1070. The summed E-state index contributed by atoms with van der Waals surface area (Å²) in [5.74, 6) is 0. The predicted octanol–water partition coefficient (Wildman–Crippen LogP) is 11.6. The summed E-state index contributed by atoms with van der Waals surface area (Å²) in [6, 6.07) is 0. The smallest absolute Gasteiger partial charge is 0.413 e. The maximum Gasteiger partial charge on any atom is 0.429 e. The molecule has 1 rings (SSSR count). The molecule has 45 heavy (non-hydrogen) atoms. The van der Waals surface area contributed by atoms with E-state index in [9.17, 15) is 31.4 Å². The highest BCUT2D eigenvalue weighted by Crippen LogP contribution is 2.46. The third-order valence-electron chi connectivity index (χ3n) is 9.79. The second kappa shape index (κ2) is 14.5. The van der Waals surface area contributed by atoms with Crippen LogP contribution in [-0.2, 0) is 8.85 Å². The number of aliphatic hydroxyl groups is 1. The van der Waals surface area contributed by atoms with Crippen LogP contribution in [0.15, 0.2) is 48.1 Å². The van der Waals surface area contributed by atoms with Gasteiger partial charge in [0.15, 0.2) is 16.6 Å². The van der Waals surface area contributed by atoms with E-state index in [-0.39, 0.29) is 34.8 Å². The lowest BCUT2D eigenvalue weighted by Crippen LogP contribution is -2.55. The van der Waals surface area contributed by atoms with Crippen molar-refractivity contribution in [3.05, 3.63) is 48.1 Å². The van der Waals surface area contributed by atoms with E-state index in [1.54, 1.807) is 13.8 Å². The van der Waals surface area contributed by atoms with Gasteiger partial charge in [-0.25, -0.2) is 0 Å². The van der Waals surface area contributed by atoms with E-state index >= 15 is 0 Å². The van der Waals surface area contributed by atoms with Crippen molar-refractivity contribution in [1.82, 2.24) is 0 Å². The lowest BCUT2D eigenvalue weighted by Gasteiger charge is -2.45. The molecule has 0 aliphatic heterocycles. The number of hydrogen-bond donors (Lipinski definition) is 1. The van der Waals surface area contributed by atoms with Gasteiger partial charge in [-0.05, 0) is 91.0 Å². The predicted molar refractivity (Wildman–Crippen MR) is 178 cm³/mol. The van der Waals surface area contributed by atoms with Gasteiger partial charge in [-0.3, -0.25) is 0 Å². The van der Waals surface area contributed by atoms with Gasteiger partial charge in [0.2, 0.25) is 0 Å². The molecule has 262 valence electrons. The second-order valence-electron chi connectivity index (χ2n) is 16.4. The molecule has 0 aromatic rings. The van der Waals surface area contributed by atoms with Gasteiger partial charge in [0.25, 0.3) is 5.60 Å². The Morgan fingerprint density at radius 1 is 0.822 bits per heavy atom. The molecule has 0 heterocycles. The molecule has 0 saturated heterocycles. The normalized spacial score (nSPS) is 21.5. The van der Waals surface area contributed by atoms with Crippen molar-refractivity contribution in [3.63, 3.8) is 0 Å². The van der Waals surface area contributed by atoms with Crippen LogP contribution < -0.4 is 0 Å². The number of alkyl halides is 6. The van der Waals surface area contributed by atoms with E-state index in [1.165, 1.54) is 0 Å². The third-order valence-corrected chi connectivity index (χ3v) is 18.8. The minimum atomic E-state index is -5.86. The van der Waals surface area contributed by atoms with Crippen LogP contribution in [-0.4, -0.2) is 51.9 Å². The van der Waals surface area contributed by atoms with Gasteiger partial charge in [0.05, 0.1) is 12.2 Å². The zero-order chi connectivity index (χ0) is 35.5. The van der Waals surface area contributed by atoms with Gasteiger partial charge in [-0.1, -0.05) is 86.3 Å². The van der Waals surface area contributed by atoms with Crippen LogP contribution in [0.5, 0.6) is 0 Å². The summed E-state index contributed by atoms with van der Waals surface area (Å²) in [6.07, 6.45) is -1.74. The van der Waals surface area contributed by atoms with Crippen LogP contribution in [0.25, 0.3) is 0 Å². The van der Waals surface area contributed by atoms with Crippen molar-refractivity contribution in [1.29, 1.82) is 0 Å². The Hall–Kier alpha value is -1.15. The number of rotatable bonds is 12. The van der Waals surface area contributed by atoms with Gasteiger partial charge in [0, 0.05) is 6.42 Å². The highest BCUT2D eigenvalue weighted by Gasteiger charge is 2.68. The molecule has 0 spiro atoms. The number of hydrogen-bond acceptors (Lipinski definition) is 3. The monoisotopic (exact) mass is 684 g/mol.